The fraction of sp³-hybridized carbons (Fsp3) is 0.400. The maximum absolute atomic E-state index is 13.0. The highest BCUT2D eigenvalue weighted by molar-refractivity contribution is 6.31. The number of halogens is 1. The monoisotopic (exact) mass is 485 g/mol. The van der Waals surface area contributed by atoms with Crippen molar-refractivity contribution in [2.24, 2.45) is 0 Å². The number of ether oxygens (including phenoxy) is 2. The molecule has 2 heterocycles. The number of hydrogen-bond donors (Lipinski definition) is 1. The smallest absolute Gasteiger partial charge is 0.261 e. The summed E-state index contributed by atoms with van der Waals surface area (Å²) in [6.07, 6.45) is 0.556. The second-order valence-corrected chi connectivity index (χ2v) is 8.67. The van der Waals surface area contributed by atoms with Crippen LogP contribution in [0.4, 0.5) is 0 Å². The minimum Gasteiger partial charge on any atom is -0.385 e. The van der Waals surface area contributed by atoms with Gasteiger partial charge >= 0.3 is 0 Å². The first-order valence-corrected chi connectivity index (χ1v) is 11.7. The van der Waals surface area contributed by atoms with Crippen molar-refractivity contribution in [3.63, 3.8) is 0 Å². The first-order chi connectivity index (χ1) is 16.5. The Morgan fingerprint density at radius 3 is 2.59 bits per heavy atom. The van der Waals surface area contributed by atoms with Crippen molar-refractivity contribution in [1.82, 2.24) is 15.1 Å². The molecule has 1 fully saturated rings. The molecular formula is C25H28ClN3O5. The highest BCUT2D eigenvalue weighted by Crippen LogP contribution is 2.28. The van der Waals surface area contributed by atoms with Crippen molar-refractivity contribution in [3.05, 3.63) is 69.7 Å². The fourth-order valence-corrected chi connectivity index (χ4v) is 4.63. The summed E-state index contributed by atoms with van der Waals surface area (Å²) in [5, 5.41) is 3.63. The lowest BCUT2D eigenvalue weighted by Crippen LogP contribution is -2.44. The van der Waals surface area contributed by atoms with Crippen LogP contribution >= 0.6 is 11.6 Å². The molecule has 0 aliphatic carbocycles. The third-order valence-corrected chi connectivity index (χ3v) is 6.51. The third kappa shape index (κ3) is 5.15. The van der Waals surface area contributed by atoms with Gasteiger partial charge in [-0.1, -0.05) is 29.8 Å². The Hall–Kier alpha value is -2.78. The van der Waals surface area contributed by atoms with Gasteiger partial charge in [0.15, 0.2) is 0 Å². The number of nitrogens with one attached hydrogen (secondary N) is 1. The van der Waals surface area contributed by atoms with Crippen LogP contribution in [0, 0.1) is 0 Å². The lowest BCUT2D eigenvalue weighted by Gasteiger charge is -2.35. The molecule has 4 rings (SSSR count). The number of nitrogens with zero attached hydrogens (tertiary/aromatic N) is 2. The van der Waals surface area contributed by atoms with Crippen molar-refractivity contribution in [1.29, 1.82) is 0 Å². The molecule has 1 unspecified atom stereocenters. The van der Waals surface area contributed by atoms with Crippen LogP contribution in [0.25, 0.3) is 0 Å². The van der Waals surface area contributed by atoms with Gasteiger partial charge in [0.05, 0.1) is 30.4 Å². The highest BCUT2D eigenvalue weighted by atomic mass is 35.5. The minimum absolute atomic E-state index is 0.115. The summed E-state index contributed by atoms with van der Waals surface area (Å²) >= 11 is 6.47. The SMILES string of the molecule is COCCCN1C(=O)c2ccc(C(=O)NCC(c3ccccc3Cl)N3CCOCC3)cc2C1=O. The molecule has 0 saturated carbocycles. The number of fused-ring (bicyclic) bond motifs is 1. The van der Waals surface area contributed by atoms with Gasteiger partial charge in [-0.25, -0.2) is 0 Å². The number of imide groups is 1. The summed E-state index contributed by atoms with van der Waals surface area (Å²) in [6, 6.07) is 12.1. The maximum Gasteiger partial charge on any atom is 0.261 e. The quantitative estimate of drug-likeness (QED) is 0.434. The molecule has 2 aliphatic heterocycles. The molecule has 0 aromatic heterocycles. The standard InChI is InChI=1S/C25H28ClN3O5/c1-33-12-4-9-29-24(31)18-8-7-17(15-20(18)25(29)32)23(30)27-16-22(28-10-13-34-14-11-28)19-5-2-3-6-21(19)26/h2-3,5-8,15,22H,4,9-14,16H2,1H3,(H,27,30). The Balaban J connectivity index is 1.48. The van der Waals surface area contributed by atoms with Gasteiger partial charge in [0, 0.05) is 50.5 Å². The van der Waals surface area contributed by atoms with E-state index in [-0.39, 0.29) is 35.9 Å². The van der Waals surface area contributed by atoms with E-state index in [1.54, 1.807) is 19.2 Å². The zero-order valence-electron chi connectivity index (χ0n) is 19.1. The largest absolute Gasteiger partial charge is 0.385 e. The normalized spacial score (nSPS) is 17.1. The molecule has 3 amide bonds. The molecule has 180 valence electrons. The van der Waals surface area contributed by atoms with E-state index >= 15 is 0 Å². The van der Waals surface area contributed by atoms with E-state index in [1.807, 2.05) is 24.3 Å². The van der Waals surface area contributed by atoms with Gasteiger partial charge < -0.3 is 14.8 Å². The molecule has 0 bridgehead atoms. The van der Waals surface area contributed by atoms with Crippen LogP contribution in [0.15, 0.2) is 42.5 Å². The van der Waals surface area contributed by atoms with E-state index in [0.29, 0.717) is 48.9 Å². The lowest BCUT2D eigenvalue weighted by atomic mass is 10.0. The molecule has 2 aromatic rings. The first kappa shape index (κ1) is 24.3. The fourth-order valence-electron chi connectivity index (χ4n) is 4.36. The van der Waals surface area contributed by atoms with Crippen molar-refractivity contribution in [2.75, 3.05) is 53.1 Å². The van der Waals surface area contributed by atoms with Gasteiger partial charge in [-0.3, -0.25) is 24.2 Å². The van der Waals surface area contributed by atoms with Crippen molar-refractivity contribution in [3.8, 4) is 0 Å². The van der Waals surface area contributed by atoms with Crippen LogP contribution in [-0.2, 0) is 9.47 Å². The first-order valence-electron chi connectivity index (χ1n) is 11.3. The third-order valence-electron chi connectivity index (χ3n) is 6.17. The molecule has 1 N–H and O–H groups in total. The Kier molecular flexibility index (Phi) is 7.95. The topological polar surface area (TPSA) is 88.2 Å². The Labute approximate surface area is 203 Å². The van der Waals surface area contributed by atoms with E-state index in [1.165, 1.54) is 11.0 Å². The number of rotatable bonds is 9. The highest BCUT2D eigenvalue weighted by Gasteiger charge is 2.35. The van der Waals surface area contributed by atoms with Crippen LogP contribution in [0.3, 0.4) is 0 Å². The van der Waals surface area contributed by atoms with Gasteiger partial charge in [0.2, 0.25) is 0 Å². The summed E-state index contributed by atoms with van der Waals surface area (Å²) < 4.78 is 10.5. The number of carbonyl (C=O) groups is 3. The molecule has 2 aliphatic rings. The van der Waals surface area contributed by atoms with Gasteiger partial charge in [0.25, 0.3) is 17.7 Å². The number of methoxy groups -OCH3 is 1. The van der Waals surface area contributed by atoms with E-state index in [0.717, 1.165) is 18.7 Å². The Morgan fingerprint density at radius 2 is 1.85 bits per heavy atom. The molecule has 9 heteroatoms. The molecule has 1 saturated heterocycles. The average Bonchev–Trinajstić information content (AvgIpc) is 3.10. The van der Waals surface area contributed by atoms with E-state index < -0.39 is 0 Å². The van der Waals surface area contributed by atoms with Gasteiger partial charge in [0.1, 0.15) is 0 Å². The number of carbonyl (C=O) groups excluding carboxylic acids is 3. The Morgan fingerprint density at radius 1 is 1.12 bits per heavy atom. The van der Waals surface area contributed by atoms with Crippen molar-refractivity contribution >= 4 is 29.3 Å². The summed E-state index contributed by atoms with van der Waals surface area (Å²) in [5.41, 5.74) is 1.85. The summed E-state index contributed by atoms with van der Waals surface area (Å²) in [7, 11) is 1.57. The van der Waals surface area contributed by atoms with Crippen molar-refractivity contribution < 1.29 is 23.9 Å². The molecular weight excluding hydrogens is 458 g/mol. The molecule has 2 aromatic carbocycles. The van der Waals surface area contributed by atoms with Crippen LogP contribution in [0.1, 0.15) is 49.1 Å². The maximum atomic E-state index is 13.0. The van der Waals surface area contributed by atoms with E-state index in [4.69, 9.17) is 21.1 Å². The number of benzene rings is 2. The van der Waals surface area contributed by atoms with Gasteiger partial charge in [-0.2, -0.15) is 0 Å². The number of morpholine rings is 1. The van der Waals surface area contributed by atoms with E-state index in [9.17, 15) is 14.4 Å². The van der Waals surface area contributed by atoms with Gasteiger partial charge in [-0.05, 0) is 36.2 Å². The zero-order chi connectivity index (χ0) is 24.1. The molecule has 0 radical (unpaired) electrons. The van der Waals surface area contributed by atoms with Crippen LogP contribution < -0.4 is 5.32 Å². The second-order valence-electron chi connectivity index (χ2n) is 8.26. The van der Waals surface area contributed by atoms with Crippen LogP contribution in [-0.4, -0.2) is 80.6 Å². The zero-order valence-corrected chi connectivity index (χ0v) is 19.8. The molecule has 8 nitrogen and oxygen atoms in total. The van der Waals surface area contributed by atoms with E-state index in [2.05, 4.69) is 10.2 Å². The van der Waals surface area contributed by atoms with Crippen LogP contribution in [0.2, 0.25) is 5.02 Å². The molecule has 0 spiro atoms. The predicted molar refractivity (Wildman–Crippen MR) is 127 cm³/mol. The number of amides is 3. The average molecular weight is 486 g/mol. The predicted octanol–water partition coefficient (Wildman–Crippen LogP) is 2.78. The van der Waals surface area contributed by atoms with Crippen molar-refractivity contribution in [2.45, 2.75) is 12.5 Å². The molecule has 1 atom stereocenters. The lowest BCUT2D eigenvalue weighted by molar-refractivity contribution is 0.0162. The molecule has 34 heavy (non-hydrogen) atoms. The Bertz CT molecular complexity index is 1070. The summed E-state index contributed by atoms with van der Waals surface area (Å²) in [6.45, 7) is 3.79. The summed E-state index contributed by atoms with van der Waals surface area (Å²) in [4.78, 5) is 41.8. The van der Waals surface area contributed by atoms with Crippen LogP contribution in [0.5, 0.6) is 0 Å². The summed E-state index contributed by atoms with van der Waals surface area (Å²) in [5.74, 6) is -1.03. The second kappa shape index (κ2) is 11.1. The minimum atomic E-state index is -0.381. The van der Waals surface area contributed by atoms with Gasteiger partial charge in [-0.15, -0.1) is 0 Å². The number of hydrogen-bond acceptors (Lipinski definition) is 6.